The normalized spacial score (nSPS) is 12.3. The standard InChI is InChI=1S/C15H18FN3/c1-2-8-18-15(14-7-9-17-11-19-14)10-12-5-3-4-6-13(12)16/h3-7,9,11,15,18H,2,8,10H2,1H3. The third-order valence-electron chi connectivity index (χ3n) is 2.98. The Bertz CT molecular complexity index is 502. The van der Waals surface area contributed by atoms with Gasteiger partial charge in [0.15, 0.2) is 0 Å². The highest BCUT2D eigenvalue weighted by Crippen LogP contribution is 2.18. The number of halogens is 1. The molecule has 1 N–H and O–H groups in total. The molecule has 19 heavy (non-hydrogen) atoms. The van der Waals surface area contributed by atoms with Crippen LogP contribution in [0.2, 0.25) is 0 Å². The lowest BCUT2D eigenvalue weighted by atomic mass is 10.0. The van der Waals surface area contributed by atoms with Gasteiger partial charge in [-0.05, 0) is 37.1 Å². The Morgan fingerprint density at radius 2 is 2.11 bits per heavy atom. The van der Waals surface area contributed by atoms with Gasteiger partial charge in [0.1, 0.15) is 12.1 Å². The monoisotopic (exact) mass is 259 g/mol. The first-order valence-corrected chi connectivity index (χ1v) is 6.54. The molecule has 1 aromatic heterocycles. The van der Waals surface area contributed by atoms with Crippen LogP contribution in [0.4, 0.5) is 4.39 Å². The second-order valence-electron chi connectivity index (χ2n) is 4.44. The maximum absolute atomic E-state index is 13.7. The topological polar surface area (TPSA) is 37.8 Å². The van der Waals surface area contributed by atoms with Gasteiger partial charge in [-0.1, -0.05) is 25.1 Å². The second kappa shape index (κ2) is 6.95. The molecule has 0 aliphatic heterocycles. The first kappa shape index (κ1) is 13.6. The lowest BCUT2D eigenvalue weighted by Gasteiger charge is -2.18. The summed E-state index contributed by atoms with van der Waals surface area (Å²) < 4.78 is 13.7. The molecule has 0 saturated carbocycles. The zero-order valence-electron chi connectivity index (χ0n) is 11.0. The van der Waals surface area contributed by atoms with Crippen molar-refractivity contribution in [2.45, 2.75) is 25.8 Å². The van der Waals surface area contributed by atoms with Gasteiger partial charge in [0.05, 0.1) is 11.7 Å². The molecule has 0 spiro atoms. The molecule has 0 amide bonds. The minimum Gasteiger partial charge on any atom is -0.308 e. The van der Waals surface area contributed by atoms with Crippen molar-refractivity contribution < 1.29 is 4.39 Å². The number of nitrogens with zero attached hydrogens (tertiary/aromatic N) is 2. The summed E-state index contributed by atoms with van der Waals surface area (Å²) in [7, 11) is 0. The van der Waals surface area contributed by atoms with Crippen LogP contribution in [-0.4, -0.2) is 16.5 Å². The Balaban J connectivity index is 2.17. The maximum atomic E-state index is 13.7. The van der Waals surface area contributed by atoms with Crippen LogP contribution in [0, 0.1) is 5.82 Å². The fraction of sp³-hybridized carbons (Fsp3) is 0.333. The summed E-state index contributed by atoms with van der Waals surface area (Å²) in [6.07, 6.45) is 4.85. The van der Waals surface area contributed by atoms with Gasteiger partial charge in [-0.25, -0.2) is 14.4 Å². The summed E-state index contributed by atoms with van der Waals surface area (Å²) >= 11 is 0. The van der Waals surface area contributed by atoms with Crippen LogP contribution in [0.25, 0.3) is 0 Å². The van der Waals surface area contributed by atoms with E-state index in [0.717, 1.165) is 18.7 Å². The van der Waals surface area contributed by atoms with Crippen LogP contribution < -0.4 is 5.32 Å². The molecule has 1 aromatic carbocycles. The Labute approximate surface area is 112 Å². The third kappa shape index (κ3) is 3.83. The summed E-state index contributed by atoms with van der Waals surface area (Å²) in [6.45, 7) is 2.98. The van der Waals surface area contributed by atoms with Gasteiger partial charge in [0, 0.05) is 6.20 Å². The minimum atomic E-state index is -0.167. The molecule has 100 valence electrons. The van der Waals surface area contributed by atoms with Crippen LogP contribution in [0.3, 0.4) is 0 Å². The predicted octanol–water partition coefficient (Wildman–Crippen LogP) is 2.90. The van der Waals surface area contributed by atoms with Crippen LogP contribution in [-0.2, 0) is 6.42 Å². The van der Waals surface area contributed by atoms with E-state index in [1.807, 2.05) is 18.2 Å². The fourth-order valence-corrected chi connectivity index (χ4v) is 1.99. The van der Waals surface area contributed by atoms with Gasteiger partial charge in [0.25, 0.3) is 0 Å². The van der Waals surface area contributed by atoms with Gasteiger partial charge in [-0.15, -0.1) is 0 Å². The van der Waals surface area contributed by atoms with Crippen molar-refractivity contribution in [3.8, 4) is 0 Å². The molecular formula is C15H18FN3. The first-order valence-electron chi connectivity index (χ1n) is 6.54. The van der Waals surface area contributed by atoms with Gasteiger partial charge in [-0.2, -0.15) is 0 Å². The zero-order valence-corrected chi connectivity index (χ0v) is 11.0. The highest BCUT2D eigenvalue weighted by molar-refractivity contribution is 5.20. The fourth-order valence-electron chi connectivity index (χ4n) is 1.99. The van der Waals surface area contributed by atoms with Crippen LogP contribution in [0.5, 0.6) is 0 Å². The first-order chi connectivity index (χ1) is 9.31. The van der Waals surface area contributed by atoms with Crippen molar-refractivity contribution in [3.05, 3.63) is 59.9 Å². The van der Waals surface area contributed by atoms with E-state index in [4.69, 9.17) is 0 Å². The van der Waals surface area contributed by atoms with Gasteiger partial charge in [-0.3, -0.25) is 0 Å². The van der Waals surface area contributed by atoms with Crippen molar-refractivity contribution in [2.75, 3.05) is 6.54 Å². The summed E-state index contributed by atoms with van der Waals surface area (Å²) in [5.41, 5.74) is 1.60. The molecule has 2 aromatic rings. The summed E-state index contributed by atoms with van der Waals surface area (Å²) in [4.78, 5) is 8.18. The summed E-state index contributed by atoms with van der Waals surface area (Å²) in [6, 6.07) is 8.75. The lowest BCUT2D eigenvalue weighted by molar-refractivity contribution is 0.502. The van der Waals surface area contributed by atoms with Crippen molar-refractivity contribution >= 4 is 0 Å². The predicted molar refractivity (Wildman–Crippen MR) is 73.2 cm³/mol. The third-order valence-corrected chi connectivity index (χ3v) is 2.98. The van der Waals surface area contributed by atoms with Crippen molar-refractivity contribution in [1.82, 2.24) is 15.3 Å². The van der Waals surface area contributed by atoms with E-state index in [-0.39, 0.29) is 11.9 Å². The lowest BCUT2D eigenvalue weighted by Crippen LogP contribution is -2.25. The molecule has 2 rings (SSSR count). The Kier molecular flexibility index (Phi) is 4.98. The average Bonchev–Trinajstić information content (AvgIpc) is 2.46. The van der Waals surface area contributed by atoms with E-state index in [1.165, 1.54) is 12.4 Å². The number of hydrogen-bond acceptors (Lipinski definition) is 3. The molecule has 0 bridgehead atoms. The van der Waals surface area contributed by atoms with Crippen molar-refractivity contribution in [1.29, 1.82) is 0 Å². The molecule has 0 saturated heterocycles. The van der Waals surface area contributed by atoms with E-state index in [1.54, 1.807) is 12.3 Å². The highest BCUT2D eigenvalue weighted by Gasteiger charge is 2.14. The highest BCUT2D eigenvalue weighted by atomic mass is 19.1. The smallest absolute Gasteiger partial charge is 0.126 e. The maximum Gasteiger partial charge on any atom is 0.126 e. The average molecular weight is 259 g/mol. The van der Waals surface area contributed by atoms with Crippen LogP contribution in [0.15, 0.2) is 42.9 Å². The molecule has 3 nitrogen and oxygen atoms in total. The zero-order chi connectivity index (χ0) is 13.5. The second-order valence-corrected chi connectivity index (χ2v) is 4.44. The van der Waals surface area contributed by atoms with E-state index in [0.29, 0.717) is 12.0 Å². The molecule has 0 fully saturated rings. The number of aromatic nitrogens is 2. The molecule has 0 aliphatic carbocycles. The van der Waals surface area contributed by atoms with E-state index < -0.39 is 0 Å². The van der Waals surface area contributed by atoms with Crippen molar-refractivity contribution in [2.24, 2.45) is 0 Å². The summed E-state index contributed by atoms with van der Waals surface area (Å²) in [5, 5.41) is 3.40. The largest absolute Gasteiger partial charge is 0.308 e. The quantitative estimate of drug-likeness (QED) is 0.866. The van der Waals surface area contributed by atoms with Crippen molar-refractivity contribution in [3.63, 3.8) is 0 Å². The van der Waals surface area contributed by atoms with E-state index in [2.05, 4.69) is 22.2 Å². The number of hydrogen-bond donors (Lipinski definition) is 1. The molecule has 1 atom stereocenters. The van der Waals surface area contributed by atoms with Crippen LogP contribution in [0.1, 0.15) is 30.6 Å². The number of nitrogens with one attached hydrogen (secondary N) is 1. The molecule has 4 heteroatoms. The Morgan fingerprint density at radius 1 is 1.26 bits per heavy atom. The molecular weight excluding hydrogens is 241 g/mol. The molecule has 1 heterocycles. The van der Waals surface area contributed by atoms with E-state index >= 15 is 0 Å². The minimum absolute atomic E-state index is 0.0137. The van der Waals surface area contributed by atoms with E-state index in [9.17, 15) is 4.39 Å². The van der Waals surface area contributed by atoms with Gasteiger partial charge < -0.3 is 5.32 Å². The van der Waals surface area contributed by atoms with Gasteiger partial charge in [0.2, 0.25) is 0 Å². The Hall–Kier alpha value is -1.81. The van der Waals surface area contributed by atoms with Gasteiger partial charge >= 0.3 is 0 Å². The Morgan fingerprint density at radius 3 is 2.79 bits per heavy atom. The molecule has 0 radical (unpaired) electrons. The number of rotatable bonds is 6. The molecule has 1 unspecified atom stereocenters. The van der Waals surface area contributed by atoms with Crippen LogP contribution >= 0.6 is 0 Å². The SMILES string of the molecule is CCCNC(Cc1ccccc1F)c1ccncn1. The number of benzene rings is 1. The molecule has 0 aliphatic rings. The summed E-state index contributed by atoms with van der Waals surface area (Å²) in [5.74, 6) is -0.167.